The average Bonchev–Trinajstić information content (AvgIpc) is 2.43. The average molecular weight is 289 g/mol. The van der Waals surface area contributed by atoms with Gasteiger partial charge < -0.3 is 20.5 Å². The van der Waals surface area contributed by atoms with Gasteiger partial charge in [0.05, 0.1) is 24.2 Å². The van der Waals surface area contributed by atoms with Crippen molar-refractivity contribution in [3.63, 3.8) is 0 Å². The number of hydrogen-bond acceptors (Lipinski definition) is 5. The van der Waals surface area contributed by atoms with Gasteiger partial charge in [-0.2, -0.15) is 5.26 Å². The molecule has 0 spiro atoms. The van der Waals surface area contributed by atoms with Gasteiger partial charge in [-0.1, -0.05) is 0 Å². The molecule has 0 radical (unpaired) electrons. The summed E-state index contributed by atoms with van der Waals surface area (Å²) in [4.78, 5) is 11.8. The smallest absolute Gasteiger partial charge is 0.234 e. The van der Waals surface area contributed by atoms with Crippen molar-refractivity contribution in [2.24, 2.45) is 0 Å². The van der Waals surface area contributed by atoms with Gasteiger partial charge in [0.25, 0.3) is 0 Å². The van der Waals surface area contributed by atoms with E-state index < -0.39 is 17.7 Å². The Labute approximate surface area is 123 Å². The monoisotopic (exact) mass is 289 g/mol. The first-order chi connectivity index (χ1) is 9.89. The topological polar surface area (TPSA) is 94.4 Å². The van der Waals surface area contributed by atoms with Crippen LogP contribution in [-0.2, 0) is 4.79 Å². The van der Waals surface area contributed by atoms with Crippen LogP contribution in [0.1, 0.15) is 31.0 Å². The van der Waals surface area contributed by atoms with Crippen molar-refractivity contribution in [3.8, 4) is 11.8 Å². The number of amides is 1. The van der Waals surface area contributed by atoms with Crippen LogP contribution in [0.5, 0.6) is 5.75 Å². The Morgan fingerprint density at radius 3 is 2.86 bits per heavy atom. The Bertz CT molecular complexity index is 592. The zero-order valence-corrected chi connectivity index (χ0v) is 12.3. The van der Waals surface area contributed by atoms with Gasteiger partial charge in [-0.05, 0) is 39.1 Å². The molecule has 21 heavy (non-hydrogen) atoms. The maximum Gasteiger partial charge on any atom is 0.234 e. The molecule has 1 unspecified atom stereocenters. The molecule has 0 fully saturated rings. The Kier molecular flexibility index (Phi) is 4.16. The molecule has 0 saturated heterocycles. The number of nitrogens with one attached hydrogen (secondary N) is 2. The SMILES string of the molecule is CNCC(=O)NC1c2cc(C#N)ccc2OC(C)(C)[C@H]1O. The zero-order chi connectivity index (χ0) is 15.6. The molecule has 1 heterocycles. The van der Waals surface area contributed by atoms with Crippen molar-refractivity contribution in [2.45, 2.75) is 31.6 Å². The Balaban J connectivity index is 2.42. The Hall–Kier alpha value is -2.10. The summed E-state index contributed by atoms with van der Waals surface area (Å²) in [6.07, 6.45) is -0.917. The number of nitrogens with zero attached hydrogens (tertiary/aromatic N) is 1. The fourth-order valence-corrected chi connectivity index (χ4v) is 2.41. The lowest BCUT2D eigenvalue weighted by Gasteiger charge is -2.42. The fourth-order valence-electron chi connectivity index (χ4n) is 2.41. The zero-order valence-electron chi connectivity index (χ0n) is 12.3. The first kappa shape index (κ1) is 15.3. The largest absolute Gasteiger partial charge is 0.485 e. The molecule has 1 aromatic carbocycles. The second-order valence-corrected chi connectivity index (χ2v) is 5.59. The number of nitriles is 1. The summed E-state index contributed by atoms with van der Waals surface area (Å²) in [7, 11) is 1.67. The highest BCUT2D eigenvalue weighted by Crippen LogP contribution is 2.40. The summed E-state index contributed by atoms with van der Waals surface area (Å²) in [5, 5.41) is 25.0. The van der Waals surface area contributed by atoms with E-state index in [1.54, 1.807) is 39.1 Å². The van der Waals surface area contributed by atoms with Gasteiger partial charge in [0, 0.05) is 5.56 Å². The van der Waals surface area contributed by atoms with Gasteiger partial charge in [0.15, 0.2) is 0 Å². The van der Waals surface area contributed by atoms with Crippen molar-refractivity contribution < 1.29 is 14.6 Å². The fraction of sp³-hybridized carbons (Fsp3) is 0.467. The first-order valence-electron chi connectivity index (χ1n) is 6.74. The number of benzene rings is 1. The van der Waals surface area contributed by atoms with E-state index >= 15 is 0 Å². The molecule has 2 rings (SSSR count). The molecule has 6 heteroatoms. The van der Waals surface area contributed by atoms with Crippen LogP contribution in [0.15, 0.2) is 18.2 Å². The van der Waals surface area contributed by atoms with Crippen molar-refractivity contribution in [1.29, 1.82) is 5.26 Å². The molecule has 3 N–H and O–H groups in total. The molecule has 6 nitrogen and oxygen atoms in total. The second-order valence-electron chi connectivity index (χ2n) is 5.59. The minimum Gasteiger partial charge on any atom is -0.485 e. The highest BCUT2D eigenvalue weighted by molar-refractivity contribution is 5.78. The van der Waals surface area contributed by atoms with E-state index in [0.717, 1.165) is 0 Å². The first-order valence-corrected chi connectivity index (χ1v) is 6.74. The number of carbonyl (C=O) groups is 1. The number of aliphatic hydroxyl groups excluding tert-OH is 1. The molecule has 0 bridgehead atoms. The van der Waals surface area contributed by atoms with E-state index in [1.165, 1.54) is 0 Å². The summed E-state index contributed by atoms with van der Waals surface area (Å²) in [6.45, 7) is 3.67. The highest BCUT2D eigenvalue weighted by atomic mass is 16.5. The predicted octanol–water partition coefficient (Wildman–Crippen LogP) is 0.467. The van der Waals surface area contributed by atoms with Crippen LogP contribution in [0.3, 0.4) is 0 Å². The third-order valence-corrected chi connectivity index (χ3v) is 3.53. The minimum atomic E-state index is -0.917. The molecule has 2 atom stereocenters. The van der Waals surface area contributed by atoms with Crippen LogP contribution < -0.4 is 15.4 Å². The van der Waals surface area contributed by atoms with Gasteiger partial charge in [-0.3, -0.25) is 4.79 Å². The molecular weight excluding hydrogens is 270 g/mol. The lowest BCUT2D eigenvalue weighted by molar-refractivity contribution is -0.124. The molecule has 1 aromatic rings. The standard InChI is InChI=1S/C15H19N3O3/c1-15(2)14(20)13(18-12(19)8-17-3)10-6-9(7-16)4-5-11(10)21-15/h4-6,13-14,17,20H,8H2,1-3H3,(H,18,19)/t13?,14-/m0/s1. The van der Waals surface area contributed by atoms with E-state index in [-0.39, 0.29) is 12.5 Å². The molecular formula is C15H19N3O3. The van der Waals surface area contributed by atoms with Crippen LogP contribution in [0.25, 0.3) is 0 Å². The van der Waals surface area contributed by atoms with E-state index in [4.69, 9.17) is 10.00 Å². The summed E-state index contributed by atoms with van der Waals surface area (Å²) >= 11 is 0. The van der Waals surface area contributed by atoms with E-state index in [9.17, 15) is 9.90 Å². The van der Waals surface area contributed by atoms with Gasteiger partial charge in [-0.15, -0.1) is 0 Å². The van der Waals surface area contributed by atoms with Gasteiger partial charge in [-0.25, -0.2) is 0 Å². The maximum atomic E-state index is 11.8. The van der Waals surface area contributed by atoms with Crippen LogP contribution in [0.4, 0.5) is 0 Å². The van der Waals surface area contributed by atoms with Crippen LogP contribution >= 0.6 is 0 Å². The third-order valence-electron chi connectivity index (χ3n) is 3.53. The van der Waals surface area contributed by atoms with Crippen LogP contribution in [0, 0.1) is 11.3 Å². The molecule has 1 aliphatic rings. The highest BCUT2D eigenvalue weighted by Gasteiger charge is 2.43. The van der Waals surface area contributed by atoms with Crippen LogP contribution in [-0.4, -0.2) is 36.3 Å². The van der Waals surface area contributed by atoms with Gasteiger partial charge >= 0.3 is 0 Å². The summed E-state index contributed by atoms with van der Waals surface area (Å²) in [5.74, 6) is 0.339. The van der Waals surface area contributed by atoms with Crippen molar-refractivity contribution in [2.75, 3.05) is 13.6 Å². The number of aliphatic hydroxyl groups is 1. The van der Waals surface area contributed by atoms with Crippen molar-refractivity contribution in [3.05, 3.63) is 29.3 Å². The van der Waals surface area contributed by atoms with Crippen LogP contribution in [0.2, 0.25) is 0 Å². The molecule has 0 aromatic heterocycles. The summed E-state index contributed by atoms with van der Waals surface area (Å²) < 4.78 is 5.78. The molecule has 0 saturated carbocycles. The predicted molar refractivity (Wildman–Crippen MR) is 76.7 cm³/mol. The number of likely N-dealkylation sites (N-methyl/N-ethyl adjacent to an activating group) is 1. The van der Waals surface area contributed by atoms with Gasteiger partial charge in [0.1, 0.15) is 17.5 Å². The number of rotatable bonds is 3. The van der Waals surface area contributed by atoms with Gasteiger partial charge in [0.2, 0.25) is 5.91 Å². The normalized spacial score (nSPS) is 22.6. The number of ether oxygens (including phenoxy) is 1. The van der Waals surface area contributed by atoms with Crippen molar-refractivity contribution in [1.82, 2.24) is 10.6 Å². The molecule has 0 aliphatic carbocycles. The Morgan fingerprint density at radius 1 is 1.52 bits per heavy atom. The lowest BCUT2D eigenvalue weighted by Crippen LogP contribution is -2.54. The van der Waals surface area contributed by atoms with Crippen molar-refractivity contribution >= 4 is 5.91 Å². The summed E-state index contributed by atoms with van der Waals surface area (Å²) in [5.41, 5.74) is 0.237. The van der Waals surface area contributed by atoms with E-state index in [0.29, 0.717) is 16.9 Å². The maximum absolute atomic E-state index is 11.8. The van der Waals surface area contributed by atoms with E-state index in [1.807, 2.05) is 6.07 Å². The quantitative estimate of drug-likeness (QED) is 0.752. The minimum absolute atomic E-state index is 0.151. The second kappa shape index (κ2) is 5.72. The molecule has 1 amide bonds. The number of hydrogen-bond donors (Lipinski definition) is 3. The number of fused-ring (bicyclic) bond motifs is 1. The lowest BCUT2D eigenvalue weighted by atomic mass is 9.86. The van der Waals surface area contributed by atoms with E-state index in [2.05, 4.69) is 10.6 Å². The molecule has 1 aliphatic heterocycles. The number of carbonyl (C=O) groups excluding carboxylic acids is 1. The molecule has 112 valence electrons. The third kappa shape index (κ3) is 2.99. The summed E-state index contributed by atoms with van der Waals surface area (Å²) in [6, 6.07) is 6.42. The Morgan fingerprint density at radius 2 is 2.24 bits per heavy atom.